The number of anilines is 1. The van der Waals surface area contributed by atoms with Crippen molar-refractivity contribution in [3.05, 3.63) is 22.7 Å². The fourth-order valence-electron chi connectivity index (χ4n) is 3.92. The zero-order chi connectivity index (χ0) is 37.4. The first-order chi connectivity index (χ1) is 22.4. The summed E-state index contributed by atoms with van der Waals surface area (Å²) >= 11 is 0. The van der Waals surface area contributed by atoms with E-state index in [2.05, 4.69) is 20.9 Å². The second-order valence-electron chi connectivity index (χ2n) is 13.8. The fourth-order valence-corrected chi connectivity index (χ4v) is 3.92. The van der Waals surface area contributed by atoms with Crippen molar-refractivity contribution in [1.82, 2.24) is 20.2 Å². The van der Waals surface area contributed by atoms with Gasteiger partial charge in [0.25, 0.3) is 0 Å². The predicted octanol–water partition coefficient (Wildman–Crippen LogP) is 3.41. The van der Waals surface area contributed by atoms with Crippen LogP contribution in [0.25, 0.3) is 0 Å². The van der Waals surface area contributed by atoms with Gasteiger partial charge in [-0.05, 0) is 74.8 Å². The topological polar surface area (TPSA) is 212 Å². The lowest BCUT2D eigenvalue weighted by Gasteiger charge is -2.26. The van der Waals surface area contributed by atoms with Crippen molar-refractivity contribution in [2.24, 2.45) is 0 Å². The smallest absolute Gasteiger partial charge is 0.444 e. The van der Waals surface area contributed by atoms with E-state index in [1.165, 1.54) is 20.8 Å². The number of hydrogen-bond acceptors (Lipinski definition) is 13. The van der Waals surface area contributed by atoms with Crippen LogP contribution in [0.3, 0.4) is 0 Å². The molecule has 0 unspecified atom stereocenters. The van der Waals surface area contributed by atoms with Crippen LogP contribution < -0.4 is 21.6 Å². The van der Waals surface area contributed by atoms with Crippen LogP contribution in [0.4, 0.5) is 29.0 Å². The van der Waals surface area contributed by atoms with Crippen LogP contribution in [0.2, 0.25) is 0 Å². The van der Waals surface area contributed by atoms with Crippen molar-refractivity contribution < 1.29 is 61.2 Å². The zero-order valence-electron chi connectivity index (χ0n) is 29.0. The SMILES string of the molecule is CC(C)(C)OC(=O)NCCCC(=O)NCC(=O)Nc1ccn([C@@H]2O[C@H](COC(=O)OC(C)(C)C)[C@@H](OC(=O)OC(C)(C)C)C2(F)F)c(=O)n1. The molecule has 49 heavy (non-hydrogen) atoms. The number of nitrogens with zero attached hydrogens (tertiary/aromatic N) is 2. The molecular weight excluding hydrogens is 660 g/mol. The van der Waals surface area contributed by atoms with Gasteiger partial charge >= 0.3 is 30.0 Å². The van der Waals surface area contributed by atoms with Crippen LogP contribution in [-0.2, 0) is 38.0 Å². The molecule has 0 aliphatic carbocycles. The molecule has 1 aromatic heterocycles. The number of amides is 3. The minimum atomic E-state index is -4.08. The molecule has 19 heteroatoms. The molecule has 2 rings (SSSR count). The Morgan fingerprint density at radius 3 is 2.06 bits per heavy atom. The Bertz CT molecular complexity index is 1420. The lowest BCUT2D eigenvalue weighted by Crippen LogP contribution is -2.45. The Kier molecular flexibility index (Phi) is 13.5. The van der Waals surface area contributed by atoms with Gasteiger partial charge in [0.05, 0.1) is 6.54 Å². The summed E-state index contributed by atoms with van der Waals surface area (Å²) in [6, 6.07) is 1.02. The number of ether oxygens (including phenoxy) is 6. The number of hydrogen-bond donors (Lipinski definition) is 3. The number of carbonyl (C=O) groups excluding carboxylic acids is 5. The highest BCUT2D eigenvalue weighted by atomic mass is 19.3. The largest absolute Gasteiger partial charge is 0.509 e. The van der Waals surface area contributed by atoms with Crippen molar-refractivity contribution in [1.29, 1.82) is 0 Å². The monoisotopic (exact) mass is 705 g/mol. The Hall–Kier alpha value is -4.55. The van der Waals surface area contributed by atoms with Crippen molar-refractivity contribution in [2.75, 3.05) is 25.0 Å². The lowest BCUT2D eigenvalue weighted by molar-refractivity contribution is -0.149. The Labute approximate surface area is 281 Å². The molecule has 3 N–H and O–H groups in total. The third-order valence-electron chi connectivity index (χ3n) is 5.76. The maximum absolute atomic E-state index is 15.7. The molecule has 0 radical (unpaired) electrons. The van der Waals surface area contributed by atoms with Crippen LogP contribution in [0.1, 0.15) is 81.4 Å². The maximum Gasteiger partial charge on any atom is 0.509 e. The maximum atomic E-state index is 15.7. The molecule has 1 saturated heterocycles. The van der Waals surface area contributed by atoms with Gasteiger partial charge in [-0.1, -0.05) is 0 Å². The van der Waals surface area contributed by atoms with Gasteiger partial charge in [0.1, 0.15) is 35.3 Å². The van der Waals surface area contributed by atoms with Crippen molar-refractivity contribution >= 4 is 36.0 Å². The molecule has 17 nitrogen and oxygen atoms in total. The predicted molar refractivity (Wildman–Crippen MR) is 166 cm³/mol. The highest BCUT2D eigenvalue weighted by Gasteiger charge is 2.63. The van der Waals surface area contributed by atoms with Crippen LogP contribution in [-0.4, -0.2) is 94.4 Å². The zero-order valence-corrected chi connectivity index (χ0v) is 29.0. The summed E-state index contributed by atoms with van der Waals surface area (Å²) in [6.45, 7) is 13.0. The van der Waals surface area contributed by atoms with Gasteiger partial charge in [-0.15, -0.1) is 0 Å². The molecule has 1 fully saturated rings. The number of aromatic nitrogens is 2. The highest BCUT2D eigenvalue weighted by molar-refractivity contribution is 5.93. The Balaban J connectivity index is 2.05. The molecule has 0 aromatic carbocycles. The van der Waals surface area contributed by atoms with Gasteiger partial charge in [-0.3, -0.25) is 14.2 Å². The number of rotatable bonds is 11. The summed E-state index contributed by atoms with van der Waals surface area (Å²) in [5.74, 6) is -5.69. The number of nitrogens with one attached hydrogen (secondary N) is 3. The molecule has 0 bridgehead atoms. The van der Waals surface area contributed by atoms with Gasteiger partial charge in [0.2, 0.25) is 24.1 Å². The minimum absolute atomic E-state index is 0.0184. The molecule has 1 aromatic rings. The van der Waals surface area contributed by atoms with E-state index in [4.69, 9.17) is 28.4 Å². The first-order valence-corrected chi connectivity index (χ1v) is 15.3. The standard InChI is InChI=1S/C30H45F2N5O12/c1-27(2,3)47-24(41)33-13-10-11-19(38)34-15-20(39)35-18-12-14-37(23(40)36-18)22-30(31,32)21(46-26(43)49-29(7,8)9)17(45-22)16-44-25(42)48-28(4,5)6/h12,14,17,21-22H,10-11,13,15-16H2,1-9H3,(H,33,41)(H,34,38)(H,35,36,39,40)/t17-,21-,22-/m1/s1. The molecule has 276 valence electrons. The van der Waals surface area contributed by atoms with Gasteiger partial charge in [-0.25, -0.2) is 19.2 Å². The van der Waals surface area contributed by atoms with Crippen LogP contribution in [0.5, 0.6) is 0 Å². The van der Waals surface area contributed by atoms with Gasteiger partial charge in [-0.2, -0.15) is 13.8 Å². The van der Waals surface area contributed by atoms with E-state index in [1.807, 2.05) is 0 Å². The van der Waals surface area contributed by atoms with E-state index >= 15 is 8.78 Å². The minimum Gasteiger partial charge on any atom is -0.444 e. The molecule has 0 saturated carbocycles. The molecular formula is C30H45F2N5O12. The fraction of sp³-hybridized carbons (Fsp3) is 0.700. The van der Waals surface area contributed by atoms with Crippen molar-refractivity contribution in [2.45, 2.75) is 116 Å². The molecule has 1 aliphatic heterocycles. The molecule has 1 aliphatic rings. The number of alkyl halides is 2. The van der Waals surface area contributed by atoms with Crippen molar-refractivity contribution in [3.63, 3.8) is 0 Å². The second kappa shape index (κ2) is 16.2. The van der Waals surface area contributed by atoms with E-state index in [-0.39, 0.29) is 25.2 Å². The number of carbonyl (C=O) groups is 5. The summed E-state index contributed by atoms with van der Waals surface area (Å²) in [5.41, 5.74) is -4.02. The van der Waals surface area contributed by atoms with E-state index in [0.29, 0.717) is 4.57 Å². The normalized spacial score (nSPS) is 18.9. The van der Waals surface area contributed by atoms with E-state index < -0.39 is 90.2 Å². The molecule has 3 atom stereocenters. The third kappa shape index (κ3) is 14.2. The van der Waals surface area contributed by atoms with Crippen molar-refractivity contribution in [3.8, 4) is 0 Å². The number of alkyl carbamates (subject to hydrolysis) is 1. The molecule has 2 heterocycles. The molecule has 0 spiro atoms. The third-order valence-corrected chi connectivity index (χ3v) is 5.76. The lowest BCUT2D eigenvalue weighted by atomic mass is 10.1. The Morgan fingerprint density at radius 2 is 1.49 bits per heavy atom. The average molecular weight is 706 g/mol. The first kappa shape index (κ1) is 40.6. The summed E-state index contributed by atoms with van der Waals surface area (Å²) in [5, 5.41) is 7.12. The molecule has 3 amide bonds. The number of halogens is 2. The van der Waals surface area contributed by atoms with Gasteiger partial charge in [0, 0.05) is 19.2 Å². The van der Waals surface area contributed by atoms with Gasteiger partial charge < -0.3 is 44.4 Å². The summed E-state index contributed by atoms with van der Waals surface area (Å²) in [4.78, 5) is 76.8. The second-order valence-corrected chi connectivity index (χ2v) is 13.8. The van der Waals surface area contributed by atoms with E-state index in [0.717, 1.165) is 12.3 Å². The summed E-state index contributed by atoms with van der Waals surface area (Å²) in [6.07, 6.45) is -8.73. The van der Waals surface area contributed by atoms with Crippen LogP contribution in [0.15, 0.2) is 17.1 Å². The van der Waals surface area contributed by atoms with E-state index in [1.54, 1.807) is 41.5 Å². The van der Waals surface area contributed by atoms with Gasteiger partial charge in [0.15, 0.2) is 0 Å². The summed E-state index contributed by atoms with van der Waals surface area (Å²) < 4.78 is 62.1. The summed E-state index contributed by atoms with van der Waals surface area (Å²) in [7, 11) is 0. The average Bonchev–Trinajstić information content (AvgIpc) is 3.15. The Morgan fingerprint density at radius 1 is 0.898 bits per heavy atom. The first-order valence-electron chi connectivity index (χ1n) is 15.3. The van der Waals surface area contributed by atoms with Crippen LogP contribution in [0, 0.1) is 0 Å². The van der Waals surface area contributed by atoms with Crippen LogP contribution >= 0.6 is 0 Å². The highest BCUT2D eigenvalue weighted by Crippen LogP contribution is 2.44. The quantitative estimate of drug-likeness (QED) is 0.171. The van der Waals surface area contributed by atoms with E-state index in [9.17, 15) is 28.8 Å².